The van der Waals surface area contributed by atoms with E-state index in [0.717, 1.165) is 4.48 Å². The van der Waals surface area contributed by atoms with E-state index >= 15 is 0 Å². The van der Waals surface area contributed by atoms with Gasteiger partial charge in [0, 0.05) is 5.57 Å². The number of primary amides is 1. The summed E-state index contributed by atoms with van der Waals surface area (Å²) in [6, 6.07) is 0. The molecule has 2 N–H and O–H groups in total. The monoisotopic (exact) mass is 223 g/mol. The predicted molar refractivity (Wildman–Crippen MR) is 64.4 cm³/mol. The Morgan fingerprint density at radius 3 is 1.64 bits per heavy atom. The van der Waals surface area contributed by atoms with Gasteiger partial charge in [-0.3, -0.25) is 4.79 Å². The molecule has 0 heterocycles. The van der Waals surface area contributed by atoms with Crippen LogP contribution >= 0.6 is 12.4 Å². The van der Waals surface area contributed by atoms with E-state index in [1.165, 1.54) is 13.0 Å². The Hall–Kier alpha value is -0.540. The fourth-order valence-electron chi connectivity index (χ4n) is 0.671. The van der Waals surface area contributed by atoms with Crippen molar-refractivity contribution in [2.24, 2.45) is 5.73 Å². The van der Waals surface area contributed by atoms with Crippen LogP contribution in [0.1, 0.15) is 20.3 Å². The summed E-state index contributed by atoms with van der Waals surface area (Å²) >= 11 is 0. The van der Waals surface area contributed by atoms with Crippen molar-refractivity contribution in [2.45, 2.75) is 20.3 Å². The van der Waals surface area contributed by atoms with Crippen molar-refractivity contribution < 1.29 is 9.28 Å². The van der Waals surface area contributed by atoms with E-state index in [1.54, 1.807) is 6.92 Å². The first-order chi connectivity index (χ1) is 5.70. The third-order valence-corrected chi connectivity index (χ3v) is 1.32. The lowest BCUT2D eigenvalue weighted by molar-refractivity contribution is -0.870. The molecule has 0 unspecified atom stereocenters. The Labute approximate surface area is 94.0 Å². The lowest BCUT2D eigenvalue weighted by Crippen LogP contribution is -2.34. The van der Waals surface area contributed by atoms with Crippen LogP contribution in [0.15, 0.2) is 12.2 Å². The highest BCUT2D eigenvalue weighted by atomic mass is 35.5. The zero-order valence-electron chi connectivity index (χ0n) is 9.96. The van der Waals surface area contributed by atoms with Gasteiger partial charge in [-0.15, -0.1) is 12.4 Å². The molecule has 0 saturated heterocycles. The quantitative estimate of drug-likeness (QED) is 0.573. The molecule has 0 aromatic rings. The van der Waals surface area contributed by atoms with Gasteiger partial charge in [0.05, 0.1) is 27.7 Å². The number of nitrogens with two attached hydrogens (primary N) is 1. The second-order valence-corrected chi connectivity index (χ2v) is 4.16. The number of hydrogen-bond acceptors (Lipinski definition) is 1. The summed E-state index contributed by atoms with van der Waals surface area (Å²) in [6.07, 6.45) is 1.28. The first-order valence-electron chi connectivity index (χ1n) is 4.46. The van der Waals surface area contributed by atoms with Crippen LogP contribution in [0.4, 0.5) is 0 Å². The topological polar surface area (TPSA) is 43.1 Å². The lowest BCUT2D eigenvalue weighted by Gasteiger charge is -2.22. The Morgan fingerprint density at radius 1 is 1.36 bits per heavy atom. The summed E-state index contributed by atoms with van der Waals surface area (Å²) < 4.78 is 1.09. The molecule has 4 heteroatoms. The fourth-order valence-corrected chi connectivity index (χ4v) is 0.671. The van der Waals surface area contributed by atoms with Crippen LogP contribution in [0, 0.1) is 0 Å². The largest absolute Gasteiger partial charge is 0.366 e. The molecule has 0 aliphatic carbocycles. The molecular weight excluding hydrogens is 200 g/mol. The average molecular weight is 224 g/mol. The van der Waals surface area contributed by atoms with E-state index in [0.29, 0.717) is 5.57 Å². The molecule has 0 radical (unpaired) electrons. The van der Waals surface area contributed by atoms with Gasteiger partial charge in [0.15, 0.2) is 0 Å². The summed E-state index contributed by atoms with van der Waals surface area (Å²) in [4.78, 5) is 9.82. The minimum atomic E-state index is -0.435. The smallest absolute Gasteiger partial charge is 0.243 e. The number of hydrogen-bond donors (Lipinski definition) is 1. The molecule has 0 rings (SSSR count). The van der Waals surface area contributed by atoms with Crippen LogP contribution in [-0.2, 0) is 4.79 Å². The van der Waals surface area contributed by atoms with E-state index in [9.17, 15) is 4.79 Å². The van der Waals surface area contributed by atoms with Crippen LogP contribution in [-0.4, -0.2) is 38.1 Å². The van der Waals surface area contributed by atoms with Gasteiger partial charge >= 0.3 is 0 Å². The van der Waals surface area contributed by atoms with Crippen LogP contribution in [0.3, 0.4) is 0 Å². The third-order valence-electron chi connectivity index (χ3n) is 1.32. The second kappa shape index (κ2) is 9.03. The third kappa shape index (κ3) is 22.5. The molecular formula is C10H24ClN2O+. The van der Waals surface area contributed by atoms with Gasteiger partial charge in [-0.25, -0.2) is 0 Å². The van der Waals surface area contributed by atoms with Crippen LogP contribution in [0.25, 0.3) is 0 Å². The Balaban J connectivity index is -0.000000163. The normalized spacial score (nSPS) is 9.21. The highest BCUT2D eigenvalue weighted by Gasteiger charge is 2.01. The van der Waals surface area contributed by atoms with Crippen LogP contribution in [0.2, 0.25) is 0 Å². The first-order valence-corrected chi connectivity index (χ1v) is 4.46. The van der Waals surface area contributed by atoms with Gasteiger partial charge in [0.1, 0.15) is 0 Å². The van der Waals surface area contributed by atoms with Crippen LogP contribution < -0.4 is 5.73 Å². The molecule has 3 nitrogen and oxygen atoms in total. The zero-order valence-corrected chi connectivity index (χ0v) is 10.8. The molecule has 0 spiro atoms. The van der Waals surface area contributed by atoms with E-state index in [-0.39, 0.29) is 12.4 Å². The molecule has 86 valence electrons. The maximum Gasteiger partial charge on any atom is 0.243 e. The number of quaternary nitrogens is 1. The summed E-state index contributed by atoms with van der Waals surface area (Å²) in [6.45, 7) is 8.34. The minimum Gasteiger partial charge on any atom is -0.366 e. The number of halogens is 1. The van der Waals surface area contributed by atoms with Gasteiger partial charge in [0.2, 0.25) is 5.91 Å². The standard InChI is InChI=1S/C6H16N.C4H7NO.ClH/c1-5-6-7(2,3)4;1-3(2)4(5)6;/h5-6H2,1-4H3;1H2,2H3,(H2,5,6);1H/q+1;;. The van der Waals surface area contributed by atoms with Crippen LogP contribution in [0.5, 0.6) is 0 Å². The Bertz CT molecular complexity index is 161. The van der Waals surface area contributed by atoms with Gasteiger partial charge in [0.25, 0.3) is 0 Å². The zero-order chi connectivity index (χ0) is 11.1. The Morgan fingerprint density at radius 2 is 1.64 bits per heavy atom. The number of amides is 1. The number of nitrogens with zero attached hydrogens (tertiary/aromatic N) is 1. The maximum absolute atomic E-state index is 9.82. The molecule has 0 bridgehead atoms. The first kappa shape index (κ1) is 19.1. The van der Waals surface area contributed by atoms with Gasteiger partial charge in [-0.1, -0.05) is 13.5 Å². The number of rotatable bonds is 3. The van der Waals surface area contributed by atoms with Gasteiger partial charge in [-0.05, 0) is 13.3 Å². The minimum absolute atomic E-state index is 0. The summed E-state index contributed by atoms with van der Waals surface area (Å²) in [7, 11) is 6.64. The molecule has 1 amide bonds. The second-order valence-electron chi connectivity index (χ2n) is 4.16. The average Bonchev–Trinajstić information content (AvgIpc) is 1.85. The summed E-state index contributed by atoms with van der Waals surface area (Å²) in [5, 5.41) is 0. The molecule has 14 heavy (non-hydrogen) atoms. The molecule has 0 fully saturated rings. The molecule has 0 atom stereocenters. The number of carbonyl (C=O) groups excluding carboxylic acids is 1. The van der Waals surface area contributed by atoms with E-state index in [1.807, 2.05) is 0 Å². The maximum atomic E-state index is 9.82. The molecule has 0 aliphatic heterocycles. The molecule has 0 aliphatic rings. The number of carbonyl (C=O) groups is 1. The highest BCUT2D eigenvalue weighted by molar-refractivity contribution is 5.90. The highest BCUT2D eigenvalue weighted by Crippen LogP contribution is 1.90. The Kier molecular flexibility index (Phi) is 12.3. The van der Waals surface area contributed by atoms with Crippen molar-refractivity contribution in [3.05, 3.63) is 12.2 Å². The SMILES string of the molecule is C=C(C)C(N)=O.CCC[N+](C)(C)C.Cl. The van der Waals surface area contributed by atoms with Gasteiger partial charge < -0.3 is 10.2 Å². The fraction of sp³-hybridized carbons (Fsp3) is 0.700. The van der Waals surface area contributed by atoms with E-state index < -0.39 is 5.91 Å². The van der Waals surface area contributed by atoms with Crippen molar-refractivity contribution in [1.82, 2.24) is 0 Å². The molecule has 0 aromatic heterocycles. The lowest BCUT2D eigenvalue weighted by atomic mass is 10.3. The summed E-state index contributed by atoms with van der Waals surface area (Å²) in [5.41, 5.74) is 5.09. The molecule has 0 aromatic carbocycles. The van der Waals surface area contributed by atoms with Crippen molar-refractivity contribution in [2.75, 3.05) is 27.7 Å². The van der Waals surface area contributed by atoms with E-state index in [4.69, 9.17) is 5.73 Å². The van der Waals surface area contributed by atoms with Crippen molar-refractivity contribution >= 4 is 18.3 Å². The summed E-state index contributed by atoms with van der Waals surface area (Å²) in [5.74, 6) is -0.435. The van der Waals surface area contributed by atoms with E-state index in [2.05, 4.69) is 34.6 Å². The van der Waals surface area contributed by atoms with Gasteiger partial charge in [-0.2, -0.15) is 0 Å². The van der Waals surface area contributed by atoms with Crippen molar-refractivity contribution in [3.63, 3.8) is 0 Å². The molecule has 0 saturated carbocycles. The van der Waals surface area contributed by atoms with Crippen molar-refractivity contribution in [3.8, 4) is 0 Å². The van der Waals surface area contributed by atoms with Crippen molar-refractivity contribution in [1.29, 1.82) is 0 Å². The predicted octanol–water partition coefficient (Wildman–Crippen LogP) is 1.57.